The summed E-state index contributed by atoms with van der Waals surface area (Å²) in [6, 6.07) is 8.75. The summed E-state index contributed by atoms with van der Waals surface area (Å²) in [6.07, 6.45) is 10.4. The molecule has 2 aromatic rings. The van der Waals surface area contributed by atoms with E-state index in [1.54, 1.807) is 0 Å². The first-order chi connectivity index (χ1) is 11.0. The van der Waals surface area contributed by atoms with Gasteiger partial charge in [0.2, 0.25) is 0 Å². The maximum atomic E-state index is 4.51. The molecule has 0 aliphatic heterocycles. The van der Waals surface area contributed by atoms with Gasteiger partial charge in [0.1, 0.15) is 0 Å². The summed E-state index contributed by atoms with van der Waals surface area (Å²) in [7, 11) is 0. The van der Waals surface area contributed by atoms with Gasteiger partial charge in [-0.1, -0.05) is 50.5 Å². The monoisotopic (exact) mass is 307 g/mol. The van der Waals surface area contributed by atoms with Crippen LogP contribution < -0.4 is 0 Å². The number of aromatic nitrogens is 1. The predicted octanol–water partition coefficient (Wildman–Crippen LogP) is 6.51. The highest BCUT2D eigenvalue weighted by molar-refractivity contribution is 5.66. The van der Waals surface area contributed by atoms with Gasteiger partial charge >= 0.3 is 0 Å². The zero-order valence-electron chi connectivity index (χ0n) is 15.2. The lowest BCUT2D eigenvalue weighted by molar-refractivity contribution is 0.799. The highest BCUT2D eigenvalue weighted by Crippen LogP contribution is 2.31. The van der Waals surface area contributed by atoms with E-state index in [0.717, 1.165) is 11.6 Å². The molecular weight excluding hydrogens is 278 g/mol. The van der Waals surface area contributed by atoms with E-state index in [1.807, 2.05) is 25.3 Å². The summed E-state index contributed by atoms with van der Waals surface area (Å²) in [6.45, 7) is 10.7. The summed E-state index contributed by atoms with van der Waals surface area (Å²) in [4.78, 5) is 4.51. The molecule has 0 spiro atoms. The lowest BCUT2D eigenvalue weighted by atomic mass is 10.0. The van der Waals surface area contributed by atoms with Crippen LogP contribution in [0, 0.1) is 26.7 Å². The molecule has 1 aromatic heterocycles. The molecule has 0 atom stereocenters. The van der Waals surface area contributed by atoms with E-state index in [0.29, 0.717) is 0 Å². The SMILES string of the molecule is C/C=C\c1ncc(-c2ccc(C)c(C)c2)cc1C.CCC1CC1. The first-order valence-electron chi connectivity index (χ1n) is 8.72. The molecule has 3 rings (SSSR count). The van der Waals surface area contributed by atoms with Gasteiger partial charge in [-0.3, -0.25) is 4.98 Å². The van der Waals surface area contributed by atoms with Crippen LogP contribution in [-0.2, 0) is 0 Å². The summed E-state index contributed by atoms with van der Waals surface area (Å²) >= 11 is 0. The Morgan fingerprint density at radius 2 is 1.70 bits per heavy atom. The van der Waals surface area contributed by atoms with Crippen molar-refractivity contribution < 1.29 is 0 Å². The number of rotatable bonds is 3. The molecule has 0 bridgehead atoms. The minimum absolute atomic E-state index is 1.05. The van der Waals surface area contributed by atoms with Gasteiger partial charge in [-0.05, 0) is 68.0 Å². The van der Waals surface area contributed by atoms with Crippen molar-refractivity contribution >= 4 is 6.08 Å². The zero-order chi connectivity index (χ0) is 16.8. The Hall–Kier alpha value is -1.89. The van der Waals surface area contributed by atoms with Crippen LogP contribution in [0.3, 0.4) is 0 Å². The largest absolute Gasteiger partial charge is 0.256 e. The van der Waals surface area contributed by atoms with Gasteiger partial charge in [0.25, 0.3) is 0 Å². The number of nitrogens with zero attached hydrogens (tertiary/aromatic N) is 1. The molecule has 0 amide bonds. The second-order valence-electron chi connectivity index (χ2n) is 6.58. The van der Waals surface area contributed by atoms with Crippen molar-refractivity contribution in [3.05, 3.63) is 58.9 Å². The Labute approximate surface area is 141 Å². The molecule has 1 fully saturated rings. The number of allylic oxidation sites excluding steroid dienone is 1. The van der Waals surface area contributed by atoms with Gasteiger partial charge in [-0.2, -0.15) is 0 Å². The number of aryl methyl sites for hydroxylation is 3. The van der Waals surface area contributed by atoms with Crippen molar-refractivity contribution in [2.45, 2.75) is 53.9 Å². The Bertz CT molecular complexity index is 678. The normalized spacial score (nSPS) is 13.8. The average molecular weight is 307 g/mol. The summed E-state index contributed by atoms with van der Waals surface area (Å²) < 4.78 is 0. The van der Waals surface area contributed by atoms with E-state index >= 15 is 0 Å². The van der Waals surface area contributed by atoms with Crippen molar-refractivity contribution in [2.24, 2.45) is 5.92 Å². The maximum Gasteiger partial charge on any atom is 0.0655 e. The van der Waals surface area contributed by atoms with E-state index in [9.17, 15) is 0 Å². The molecule has 0 radical (unpaired) electrons. The van der Waals surface area contributed by atoms with Crippen LogP contribution in [0.5, 0.6) is 0 Å². The average Bonchev–Trinajstić information content (AvgIpc) is 3.37. The molecule has 1 heteroatoms. The van der Waals surface area contributed by atoms with E-state index in [2.05, 4.69) is 56.9 Å². The molecule has 1 heterocycles. The van der Waals surface area contributed by atoms with E-state index in [1.165, 1.54) is 47.1 Å². The summed E-state index contributed by atoms with van der Waals surface area (Å²) in [5, 5.41) is 0. The molecule has 1 aliphatic carbocycles. The van der Waals surface area contributed by atoms with Crippen LogP contribution in [0.25, 0.3) is 17.2 Å². The molecule has 122 valence electrons. The van der Waals surface area contributed by atoms with Crippen LogP contribution in [0.4, 0.5) is 0 Å². The lowest BCUT2D eigenvalue weighted by Crippen LogP contribution is -1.90. The van der Waals surface area contributed by atoms with Crippen molar-refractivity contribution in [2.75, 3.05) is 0 Å². The van der Waals surface area contributed by atoms with Gasteiger partial charge < -0.3 is 0 Å². The molecule has 0 saturated heterocycles. The molecule has 1 saturated carbocycles. The summed E-state index contributed by atoms with van der Waals surface area (Å²) in [5.41, 5.74) is 7.33. The molecule has 23 heavy (non-hydrogen) atoms. The molecule has 1 aromatic carbocycles. The Kier molecular flexibility index (Phi) is 6.15. The van der Waals surface area contributed by atoms with Crippen molar-refractivity contribution in [3.63, 3.8) is 0 Å². The number of pyridine rings is 1. The topological polar surface area (TPSA) is 12.9 Å². The zero-order valence-corrected chi connectivity index (χ0v) is 15.2. The fourth-order valence-electron chi connectivity index (χ4n) is 2.52. The highest BCUT2D eigenvalue weighted by atomic mass is 14.7. The number of hydrogen-bond acceptors (Lipinski definition) is 1. The van der Waals surface area contributed by atoms with Crippen molar-refractivity contribution in [3.8, 4) is 11.1 Å². The molecule has 1 aliphatic rings. The van der Waals surface area contributed by atoms with Crippen LogP contribution in [-0.4, -0.2) is 4.98 Å². The Morgan fingerprint density at radius 3 is 2.17 bits per heavy atom. The predicted molar refractivity (Wildman–Crippen MR) is 102 cm³/mol. The third-order valence-electron chi connectivity index (χ3n) is 4.56. The fraction of sp³-hybridized carbons (Fsp3) is 0.409. The second kappa shape index (κ2) is 8.10. The standard InChI is InChI=1S/C17H19N.C5H10/c1-5-6-17-14(4)10-16(11-18-17)15-8-7-12(2)13(3)9-15;1-2-5-3-4-5/h5-11H,1-4H3;5H,2-4H2,1H3/b6-5-;. The minimum Gasteiger partial charge on any atom is -0.256 e. The van der Waals surface area contributed by atoms with Crippen LogP contribution in [0.1, 0.15) is 55.5 Å². The first-order valence-corrected chi connectivity index (χ1v) is 8.72. The fourth-order valence-corrected chi connectivity index (χ4v) is 2.52. The van der Waals surface area contributed by atoms with Gasteiger partial charge in [0, 0.05) is 11.8 Å². The van der Waals surface area contributed by atoms with E-state index in [4.69, 9.17) is 0 Å². The van der Waals surface area contributed by atoms with Gasteiger partial charge in [0.05, 0.1) is 5.69 Å². The Balaban J connectivity index is 0.000000326. The van der Waals surface area contributed by atoms with Crippen molar-refractivity contribution in [1.82, 2.24) is 4.98 Å². The maximum absolute atomic E-state index is 4.51. The number of benzene rings is 1. The molecule has 0 N–H and O–H groups in total. The molecule has 0 unspecified atom stereocenters. The third-order valence-corrected chi connectivity index (χ3v) is 4.56. The first kappa shape index (κ1) is 17.5. The van der Waals surface area contributed by atoms with Gasteiger partial charge in [-0.25, -0.2) is 0 Å². The quantitative estimate of drug-likeness (QED) is 0.629. The van der Waals surface area contributed by atoms with Crippen molar-refractivity contribution in [1.29, 1.82) is 0 Å². The van der Waals surface area contributed by atoms with Gasteiger partial charge in [-0.15, -0.1) is 0 Å². The lowest BCUT2D eigenvalue weighted by Gasteiger charge is -2.07. The number of hydrogen-bond donors (Lipinski definition) is 0. The third kappa shape index (κ3) is 5.06. The van der Waals surface area contributed by atoms with Crippen LogP contribution in [0.15, 0.2) is 36.5 Å². The summed E-state index contributed by atoms with van der Waals surface area (Å²) in [5.74, 6) is 1.13. The van der Waals surface area contributed by atoms with E-state index < -0.39 is 0 Å². The van der Waals surface area contributed by atoms with Crippen LogP contribution in [0.2, 0.25) is 0 Å². The second-order valence-corrected chi connectivity index (χ2v) is 6.58. The minimum atomic E-state index is 1.05. The van der Waals surface area contributed by atoms with E-state index in [-0.39, 0.29) is 0 Å². The highest BCUT2D eigenvalue weighted by Gasteiger charge is 2.17. The Morgan fingerprint density at radius 1 is 1.00 bits per heavy atom. The van der Waals surface area contributed by atoms with Crippen LogP contribution >= 0.6 is 0 Å². The molecule has 1 nitrogen and oxygen atoms in total. The smallest absolute Gasteiger partial charge is 0.0655 e. The van der Waals surface area contributed by atoms with Gasteiger partial charge in [0.15, 0.2) is 0 Å². The molecular formula is C22H29N.